The summed E-state index contributed by atoms with van der Waals surface area (Å²) in [6.07, 6.45) is -0.900. The van der Waals surface area contributed by atoms with E-state index in [4.69, 9.17) is 20.1 Å². The van der Waals surface area contributed by atoms with Crippen LogP contribution in [0.2, 0.25) is 0 Å². The number of hydrogen-bond acceptors (Lipinski definition) is 4. The average molecular weight is 150 g/mol. The summed E-state index contributed by atoms with van der Waals surface area (Å²) in [6, 6.07) is 0. The maximum absolute atomic E-state index is 8.85. The first-order valence-corrected chi connectivity index (χ1v) is 3.17. The highest BCUT2D eigenvalue weighted by atomic mass is 16.5. The van der Waals surface area contributed by atoms with Gasteiger partial charge < -0.3 is 20.1 Å². The van der Waals surface area contributed by atoms with Crippen molar-refractivity contribution >= 4 is 0 Å². The number of aliphatic hydroxyl groups is 3. The molecular weight excluding hydrogens is 136 g/mol. The molecule has 0 aliphatic carbocycles. The molecule has 0 aliphatic rings. The molecule has 0 saturated heterocycles. The van der Waals surface area contributed by atoms with Gasteiger partial charge >= 0.3 is 0 Å². The second-order valence-electron chi connectivity index (χ2n) is 2.11. The Kier molecular flexibility index (Phi) is 5.52. The van der Waals surface area contributed by atoms with Crippen LogP contribution in [-0.4, -0.2) is 47.9 Å². The van der Waals surface area contributed by atoms with Crippen molar-refractivity contribution in [2.24, 2.45) is 0 Å². The lowest BCUT2D eigenvalue weighted by molar-refractivity contribution is -0.00551. The normalized spacial score (nSPS) is 16.8. The lowest BCUT2D eigenvalue weighted by atomic mass is 10.2. The largest absolute Gasteiger partial charge is 0.394 e. The van der Waals surface area contributed by atoms with Gasteiger partial charge in [0.15, 0.2) is 0 Å². The van der Waals surface area contributed by atoms with Gasteiger partial charge in [-0.1, -0.05) is 0 Å². The zero-order chi connectivity index (χ0) is 7.98. The molecule has 0 bridgehead atoms. The molecule has 2 atom stereocenters. The molecular formula is C6H14O4. The highest BCUT2D eigenvalue weighted by Crippen LogP contribution is 1.99. The molecule has 0 aromatic carbocycles. The average Bonchev–Trinajstić information content (AvgIpc) is 1.99. The number of ether oxygens (including phenoxy) is 1. The quantitative estimate of drug-likeness (QED) is 0.457. The van der Waals surface area contributed by atoms with Crippen LogP contribution in [0, 0.1) is 0 Å². The van der Waals surface area contributed by atoms with Gasteiger partial charge in [-0.05, 0) is 0 Å². The van der Waals surface area contributed by atoms with E-state index in [0.717, 1.165) is 0 Å². The molecule has 4 heteroatoms. The maximum atomic E-state index is 8.85. The predicted octanol–water partition coefficient (Wildman–Crippen LogP) is -1.26. The van der Waals surface area contributed by atoms with E-state index in [9.17, 15) is 0 Å². The Balaban J connectivity index is 3.41. The van der Waals surface area contributed by atoms with Crippen molar-refractivity contribution in [2.75, 3.05) is 20.3 Å². The highest BCUT2D eigenvalue weighted by molar-refractivity contribution is 4.61. The van der Waals surface area contributed by atoms with Crippen LogP contribution in [0.3, 0.4) is 0 Å². The number of methoxy groups -OCH3 is 1. The third-order valence-corrected chi connectivity index (χ3v) is 1.28. The molecule has 0 saturated carbocycles. The summed E-state index contributed by atoms with van der Waals surface area (Å²) in [6.45, 7) is -0.423. The van der Waals surface area contributed by atoms with Crippen LogP contribution in [0.25, 0.3) is 0 Å². The third kappa shape index (κ3) is 3.79. The molecule has 10 heavy (non-hydrogen) atoms. The fraction of sp³-hybridized carbons (Fsp3) is 1.00. The maximum Gasteiger partial charge on any atom is 0.0827 e. The van der Waals surface area contributed by atoms with E-state index in [2.05, 4.69) is 0 Å². The first-order valence-electron chi connectivity index (χ1n) is 3.17. The zero-order valence-electron chi connectivity index (χ0n) is 6.03. The van der Waals surface area contributed by atoms with Crippen LogP contribution in [0.5, 0.6) is 0 Å². The minimum absolute atomic E-state index is 0.131. The molecule has 3 N–H and O–H groups in total. The van der Waals surface area contributed by atoms with Gasteiger partial charge in [0.05, 0.1) is 25.4 Å². The molecule has 2 unspecified atom stereocenters. The van der Waals surface area contributed by atoms with E-state index in [-0.39, 0.29) is 25.7 Å². The predicted molar refractivity (Wildman–Crippen MR) is 35.6 cm³/mol. The van der Waals surface area contributed by atoms with Gasteiger partial charge in [0.1, 0.15) is 0 Å². The van der Waals surface area contributed by atoms with Gasteiger partial charge in [-0.15, -0.1) is 0 Å². The summed E-state index contributed by atoms with van der Waals surface area (Å²) in [4.78, 5) is 0. The molecule has 0 aliphatic heterocycles. The molecule has 0 heterocycles. The zero-order valence-corrected chi connectivity index (χ0v) is 6.03. The summed E-state index contributed by atoms with van der Waals surface area (Å²) < 4.78 is 4.75. The second-order valence-corrected chi connectivity index (χ2v) is 2.11. The Labute approximate surface area is 60.1 Å². The SMILES string of the molecule is COC(CO)CC(O)CO. The van der Waals surface area contributed by atoms with E-state index >= 15 is 0 Å². The van der Waals surface area contributed by atoms with Crippen molar-refractivity contribution in [3.8, 4) is 0 Å². The Bertz CT molecular complexity index is 72.1. The first kappa shape index (κ1) is 9.84. The number of aliphatic hydroxyl groups excluding tert-OH is 3. The summed E-state index contributed by atoms with van der Waals surface area (Å²) in [7, 11) is 1.45. The molecule has 0 rings (SSSR count). The van der Waals surface area contributed by atoms with Crippen LogP contribution < -0.4 is 0 Å². The number of rotatable bonds is 5. The van der Waals surface area contributed by atoms with Gasteiger partial charge in [-0.3, -0.25) is 0 Å². The van der Waals surface area contributed by atoms with Crippen molar-refractivity contribution in [1.82, 2.24) is 0 Å². The minimum atomic E-state index is -0.794. The first-order chi connectivity index (χ1) is 4.74. The van der Waals surface area contributed by atoms with Crippen LogP contribution in [0.15, 0.2) is 0 Å². The number of hydrogen-bond donors (Lipinski definition) is 3. The third-order valence-electron chi connectivity index (χ3n) is 1.28. The summed E-state index contributed by atoms with van der Waals surface area (Å²) in [5.74, 6) is 0. The summed E-state index contributed by atoms with van der Waals surface area (Å²) in [5.41, 5.74) is 0. The Morgan fingerprint density at radius 3 is 2.20 bits per heavy atom. The highest BCUT2D eigenvalue weighted by Gasteiger charge is 2.11. The van der Waals surface area contributed by atoms with Crippen LogP contribution in [0.1, 0.15) is 6.42 Å². The molecule has 0 aromatic rings. The lowest BCUT2D eigenvalue weighted by Crippen LogP contribution is -2.25. The van der Waals surface area contributed by atoms with Crippen molar-refractivity contribution < 1.29 is 20.1 Å². The van der Waals surface area contributed by atoms with E-state index in [1.807, 2.05) is 0 Å². The molecule has 0 spiro atoms. The monoisotopic (exact) mass is 150 g/mol. The Hall–Kier alpha value is -0.160. The minimum Gasteiger partial charge on any atom is -0.394 e. The smallest absolute Gasteiger partial charge is 0.0827 e. The fourth-order valence-corrected chi connectivity index (χ4v) is 0.623. The van der Waals surface area contributed by atoms with Crippen molar-refractivity contribution in [3.63, 3.8) is 0 Å². The molecule has 4 nitrogen and oxygen atoms in total. The summed E-state index contributed by atoms with van der Waals surface area (Å²) >= 11 is 0. The Morgan fingerprint density at radius 1 is 1.30 bits per heavy atom. The van der Waals surface area contributed by atoms with Crippen LogP contribution in [0.4, 0.5) is 0 Å². The topological polar surface area (TPSA) is 69.9 Å². The van der Waals surface area contributed by atoms with Gasteiger partial charge in [0, 0.05) is 13.5 Å². The standard InChI is InChI=1S/C6H14O4/c1-10-6(4-8)2-5(9)3-7/h5-9H,2-4H2,1H3. The fourth-order valence-electron chi connectivity index (χ4n) is 0.623. The van der Waals surface area contributed by atoms with Gasteiger partial charge in [0.25, 0.3) is 0 Å². The summed E-state index contributed by atoms with van der Waals surface area (Å²) in [5, 5.41) is 25.8. The van der Waals surface area contributed by atoms with E-state index < -0.39 is 6.10 Å². The molecule has 0 amide bonds. The van der Waals surface area contributed by atoms with Crippen molar-refractivity contribution in [1.29, 1.82) is 0 Å². The van der Waals surface area contributed by atoms with Gasteiger partial charge in [-0.25, -0.2) is 0 Å². The molecule has 0 fully saturated rings. The Morgan fingerprint density at radius 2 is 1.90 bits per heavy atom. The van der Waals surface area contributed by atoms with Gasteiger partial charge in [-0.2, -0.15) is 0 Å². The van der Waals surface area contributed by atoms with Crippen molar-refractivity contribution in [2.45, 2.75) is 18.6 Å². The van der Waals surface area contributed by atoms with E-state index in [1.54, 1.807) is 0 Å². The van der Waals surface area contributed by atoms with Crippen molar-refractivity contribution in [3.05, 3.63) is 0 Å². The van der Waals surface area contributed by atoms with Gasteiger partial charge in [0.2, 0.25) is 0 Å². The second kappa shape index (κ2) is 5.61. The lowest BCUT2D eigenvalue weighted by Gasteiger charge is -2.14. The molecule has 62 valence electrons. The van der Waals surface area contributed by atoms with E-state index in [0.29, 0.717) is 0 Å². The molecule has 0 radical (unpaired) electrons. The molecule has 0 aromatic heterocycles. The van der Waals surface area contributed by atoms with E-state index in [1.165, 1.54) is 7.11 Å². The van der Waals surface area contributed by atoms with Crippen LogP contribution in [-0.2, 0) is 4.74 Å². The van der Waals surface area contributed by atoms with Crippen LogP contribution >= 0.6 is 0 Å².